The molecule has 1 amide bonds. The molecular formula is C15H17BrN2O2S. The second-order valence-corrected chi connectivity index (χ2v) is 7.59. The van der Waals surface area contributed by atoms with Crippen LogP contribution in [0.15, 0.2) is 22.7 Å². The molecule has 2 aromatic rings. The molecule has 3 rings (SSSR count). The summed E-state index contributed by atoms with van der Waals surface area (Å²) in [4.78, 5) is 13.2. The summed E-state index contributed by atoms with van der Waals surface area (Å²) in [5.74, 6) is -0.121. The third-order valence-corrected chi connectivity index (χ3v) is 5.86. The van der Waals surface area contributed by atoms with Crippen LogP contribution in [0.2, 0.25) is 0 Å². The number of ether oxygens (including phenoxy) is 1. The van der Waals surface area contributed by atoms with E-state index in [4.69, 9.17) is 10.5 Å². The van der Waals surface area contributed by atoms with Gasteiger partial charge in [-0.1, -0.05) is 15.9 Å². The minimum Gasteiger partial charge on any atom is -0.397 e. The van der Waals surface area contributed by atoms with Gasteiger partial charge in [-0.25, -0.2) is 0 Å². The monoisotopic (exact) mass is 368 g/mol. The van der Waals surface area contributed by atoms with Crippen molar-refractivity contribution in [2.24, 2.45) is 0 Å². The summed E-state index contributed by atoms with van der Waals surface area (Å²) < 4.78 is 7.53. The molecule has 0 radical (unpaired) electrons. The Morgan fingerprint density at radius 2 is 2.33 bits per heavy atom. The van der Waals surface area contributed by atoms with Gasteiger partial charge in [0.1, 0.15) is 4.88 Å². The van der Waals surface area contributed by atoms with Gasteiger partial charge in [0.2, 0.25) is 0 Å². The molecule has 2 atom stereocenters. The number of nitrogen functional groups attached to an aromatic ring is 1. The van der Waals surface area contributed by atoms with Crippen LogP contribution in [-0.4, -0.2) is 24.2 Å². The molecule has 1 saturated heterocycles. The van der Waals surface area contributed by atoms with Crippen LogP contribution in [0.3, 0.4) is 0 Å². The molecule has 21 heavy (non-hydrogen) atoms. The first-order chi connectivity index (χ1) is 9.90. The number of anilines is 1. The first kappa shape index (κ1) is 14.8. The molecule has 112 valence electrons. The van der Waals surface area contributed by atoms with E-state index in [-0.39, 0.29) is 17.6 Å². The largest absolute Gasteiger partial charge is 0.397 e. The number of amides is 1. The van der Waals surface area contributed by atoms with Crippen molar-refractivity contribution in [2.45, 2.75) is 31.9 Å². The van der Waals surface area contributed by atoms with Crippen molar-refractivity contribution >= 4 is 48.9 Å². The van der Waals surface area contributed by atoms with E-state index in [1.165, 1.54) is 11.3 Å². The molecule has 1 aromatic heterocycles. The van der Waals surface area contributed by atoms with Crippen LogP contribution >= 0.6 is 27.3 Å². The predicted molar refractivity (Wildman–Crippen MR) is 89.8 cm³/mol. The number of nitrogens with one attached hydrogen (secondary N) is 1. The average molecular weight is 369 g/mol. The summed E-state index contributed by atoms with van der Waals surface area (Å²) in [6, 6.07) is 5.87. The lowest BCUT2D eigenvalue weighted by atomic mass is 9.94. The lowest BCUT2D eigenvalue weighted by Crippen LogP contribution is -2.50. The maximum absolute atomic E-state index is 12.6. The van der Waals surface area contributed by atoms with Gasteiger partial charge in [0.15, 0.2) is 0 Å². The van der Waals surface area contributed by atoms with Gasteiger partial charge in [0.05, 0.1) is 17.3 Å². The second kappa shape index (κ2) is 5.26. The van der Waals surface area contributed by atoms with Crippen LogP contribution in [0, 0.1) is 0 Å². The summed E-state index contributed by atoms with van der Waals surface area (Å²) in [5, 5.41) is 4.01. The predicted octanol–water partition coefficient (Wildman–Crippen LogP) is 3.54. The Bertz CT molecular complexity index is 715. The third kappa shape index (κ3) is 2.56. The highest BCUT2D eigenvalue weighted by atomic mass is 79.9. The Kier molecular flexibility index (Phi) is 3.71. The van der Waals surface area contributed by atoms with Crippen molar-refractivity contribution in [3.05, 3.63) is 27.5 Å². The van der Waals surface area contributed by atoms with Crippen LogP contribution < -0.4 is 11.1 Å². The van der Waals surface area contributed by atoms with Crippen molar-refractivity contribution in [3.8, 4) is 0 Å². The zero-order valence-electron chi connectivity index (χ0n) is 11.9. The zero-order valence-corrected chi connectivity index (χ0v) is 14.3. The van der Waals surface area contributed by atoms with E-state index >= 15 is 0 Å². The van der Waals surface area contributed by atoms with Gasteiger partial charge >= 0.3 is 0 Å². The van der Waals surface area contributed by atoms with Crippen LogP contribution in [0.5, 0.6) is 0 Å². The normalized spacial score (nSPS) is 25.4. The number of thiophene rings is 1. The molecule has 1 fully saturated rings. The van der Waals surface area contributed by atoms with Gasteiger partial charge in [-0.2, -0.15) is 0 Å². The van der Waals surface area contributed by atoms with Crippen molar-refractivity contribution in [1.29, 1.82) is 0 Å². The topological polar surface area (TPSA) is 64.3 Å². The van der Waals surface area contributed by atoms with Crippen LogP contribution in [-0.2, 0) is 4.74 Å². The summed E-state index contributed by atoms with van der Waals surface area (Å²) in [6.07, 6.45) is 0.821. The molecule has 3 N–H and O–H groups in total. The number of carbonyl (C=O) groups excluding carboxylic acids is 1. The molecule has 4 nitrogen and oxygen atoms in total. The summed E-state index contributed by atoms with van der Waals surface area (Å²) in [7, 11) is 0. The first-order valence-electron chi connectivity index (χ1n) is 6.82. The number of halogens is 1. The number of benzene rings is 1. The van der Waals surface area contributed by atoms with E-state index in [9.17, 15) is 4.79 Å². The quantitative estimate of drug-likeness (QED) is 0.851. The van der Waals surface area contributed by atoms with Crippen molar-refractivity contribution in [1.82, 2.24) is 5.32 Å². The SMILES string of the molecule is CC1OCCC1(C)NC(=O)c1sc2ccc(Br)cc2c1N. The summed E-state index contributed by atoms with van der Waals surface area (Å²) in [6.45, 7) is 4.67. The van der Waals surface area contributed by atoms with Crippen molar-refractivity contribution in [2.75, 3.05) is 12.3 Å². The maximum Gasteiger partial charge on any atom is 0.264 e. The molecule has 1 aromatic carbocycles. The molecule has 0 aliphatic carbocycles. The molecule has 6 heteroatoms. The molecular weight excluding hydrogens is 352 g/mol. The Labute approximate surface area is 135 Å². The van der Waals surface area contributed by atoms with Crippen molar-refractivity contribution < 1.29 is 9.53 Å². The summed E-state index contributed by atoms with van der Waals surface area (Å²) in [5.41, 5.74) is 6.37. The molecule has 0 spiro atoms. The second-order valence-electron chi connectivity index (χ2n) is 5.62. The molecule has 2 unspecified atom stereocenters. The number of rotatable bonds is 2. The van der Waals surface area contributed by atoms with E-state index in [0.29, 0.717) is 17.2 Å². The number of carbonyl (C=O) groups is 1. The molecule has 1 aliphatic heterocycles. The lowest BCUT2D eigenvalue weighted by molar-refractivity contribution is 0.0731. The van der Waals surface area contributed by atoms with Gasteiger partial charge in [0.25, 0.3) is 5.91 Å². The Morgan fingerprint density at radius 1 is 1.57 bits per heavy atom. The maximum atomic E-state index is 12.6. The van der Waals surface area contributed by atoms with Gasteiger partial charge in [-0.05, 0) is 38.5 Å². The van der Waals surface area contributed by atoms with Gasteiger partial charge < -0.3 is 15.8 Å². The Hall–Kier alpha value is -1.11. The van der Waals surface area contributed by atoms with Crippen LogP contribution in [0.1, 0.15) is 29.9 Å². The smallest absolute Gasteiger partial charge is 0.264 e. The van der Waals surface area contributed by atoms with E-state index in [1.807, 2.05) is 32.0 Å². The van der Waals surface area contributed by atoms with Crippen LogP contribution in [0.25, 0.3) is 10.1 Å². The standard InChI is InChI=1S/C15H17BrN2O2S/c1-8-15(2,5-6-20-8)18-14(19)13-12(17)10-7-9(16)3-4-11(10)21-13/h3-4,7-8H,5-6,17H2,1-2H3,(H,18,19). The molecule has 0 bridgehead atoms. The van der Waals surface area contributed by atoms with Crippen molar-refractivity contribution in [3.63, 3.8) is 0 Å². The number of fused-ring (bicyclic) bond motifs is 1. The molecule has 1 aliphatic rings. The van der Waals surface area contributed by atoms with Gasteiger partial charge in [0, 0.05) is 21.2 Å². The molecule has 2 heterocycles. The molecule has 0 saturated carbocycles. The minimum absolute atomic E-state index is 0.00574. The zero-order chi connectivity index (χ0) is 15.2. The minimum atomic E-state index is -0.333. The number of hydrogen-bond donors (Lipinski definition) is 2. The Morgan fingerprint density at radius 3 is 3.00 bits per heavy atom. The first-order valence-corrected chi connectivity index (χ1v) is 8.43. The third-order valence-electron chi connectivity index (χ3n) is 4.18. The highest BCUT2D eigenvalue weighted by Gasteiger charge is 2.39. The van der Waals surface area contributed by atoms with Crippen LogP contribution in [0.4, 0.5) is 5.69 Å². The highest BCUT2D eigenvalue weighted by Crippen LogP contribution is 2.36. The number of nitrogens with two attached hydrogens (primary N) is 1. The van der Waals surface area contributed by atoms with Gasteiger partial charge in [-0.15, -0.1) is 11.3 Å². The van der Waals surface area contributed by atoms with E-state index in [2.05, 4.69) is 21.2 Å². The van der Waals surface area contributed by atoms with E-state index < -0.39 is 0 Å². The van der Waals surface area contributed by atoms with E-state index in [0.717, 1.165) is 21.0 Å². The van der Waals surface area contributed by atoms with Gasteiger partial charge in [-0.3, -0.25) is 4.79 Å². The fraction of sp³-hybridized carbons (Fsp3) is 0.400. The lowest BCUT2D eigenvalue weighted by Gasteiger charge is -2.28. The Balaban J connectivity index is 1.93. The van der Waals surface area contributed by atoms with E-state index in [1.54, 1.807) is 0 Å². The highest BCUT2D eigenvalue weighted by molar-refractivity contribution is 9.10. The fourth-order valence-electron chi connectivity index (χ4n) is 2.57. The fourth-order valence-corrected chi connectivity index (χ4v) is 3.93. The summed E-state index contributed by atoms with van der Waals surface area (Å²) >= 11 is 4.86. The number of hydrogen-bond acceptors (Lipinski definition) is 4. The average Bonchev–Trinajstić information content (AvgIpc) is 2.92.